The van der Waals surface area contributed by atoms with Crippen LogP contribution in [0.4, 0.5) is 11.4 Å². The Morgan fingerprint density at radius 1 is 0.794 bits per heavy atom. The Labute approximate surface area is 200 Å². The van der Waals surface area contributed by atoms with Crippen LogP contribution < -0.4 is 9.80 Å². The van der Waals surface area contributed by atoms with E-state index in [9.17, 15) is 4.79 Å². The van der Waals surface area contributed by atoms with Crippen molar-refractivity contribution < 1.29 is 9.53 Å². The summed E-state index contributed by atoms with van der Waals surface area (Å²) in [5.41, 5.74) is 7.18. The van der Waals surface area contributed by atoms with Crippen molar-refractivity contribution in [2.24, 2.45) is 0 Å². The number of hydrogen-bond acceptors (Lipinski definition) is 4. The molecule has 4 aromatic carbocycles. The van der Waals surface area contributed by atoms with Gasteiger partial charge in [-0.15, -0.1) is 0 Å². The zero-order valence-corrected chi connectivity index (χ0v) is 19.8. The van der Waals surface area contributed by atoms with Gasteiger partial charge in [0.2, 0.25) is 0 Å². The summed E-state index contributed by atoms with van der Waals surface area (Å²) in [4.78, 5) is 18.6. The van der Waals surface area contributed by atoms with Gasteiger partial charge in [0.1, 0.15) is 0 Å². The molecule has 0 aromatic heterocycles. The smallest absolute Gasteiger partial charge is 0.338 e. The molecule has 2 aliphatic heterocycles. The third-order valence-electron chi connectivity index (χ3n) is 7.42. The minimum absolute atomic E-state index is 0.231. The first kappa shape index (κ1) is 20.8. The second-order valence-corrected chi connectivity index (χ2v) is 9.62. The highest BCUT2D eigenvalue weighted by molar-refractivity contribution is 5.92. The van der Waals surface area contributed by atoms with Crippen molar-refractivity contribution in [3.05, 3.63) is 107 Å². The number of ether oxygens (including phenoxy) is 1. The molecule has 0 aliphatic carbocycles. The van der Waals surface area contributed by atoms with E-state index in [-0.39, 0.29) is 5.97 Å². The Balaban J connectivity index is 1.67. The minimum Gasteiger partial charge on any atom is -0.467 e. The molecule has 34 heavy (non-hydrogen) atoms. The van der Waals surface area contributed by atoms with E-state index in [1.165, 1.54) is 35.1 Å². The topological polar surface area (TPSA) is 32.8 Å². The molecule has 0 saturated carbocycles. The Hall–Kier alpha value is -3.79. The van der Waals surface area contributed by atoms with Gasteiger partial charge in [-0.25, -0.2) is 4.79 Å². The van der Waals surface area contributed by atoms with Gasteiger partial charge in [0.05, 0.1) is 13.7 Å². The van der Waals surface area contributed by atoms with E-state index in [4.69, 9.17) is 4.74 Å². The number of hydrogen-bond donors (Lipinski definition) is 0. The lowest BCUT2D eigenvalue weighted by Gasteiger charge is -2.42. The lowest BCUT2D eigenvalue weighted by atomic mass is 9.85. The Morgan fingerprint density at radius 3 is 2.21 bits per heavy atom. The van der Waals surface area contributed by atoms with Gasteiger partial charge < -0.3 is 14.5 Å². The molecule has 0 amide bonds. The Bertz CT molecular complexity index is 1440. The average Bonchev–Trinajstić information content (AvgIpc) is 3.07. The maximum absolute atomic E-state index is 13.9. The lowest BCUT2D eigenvalue weighted by Crippen LogP contribution is -2.56. The van der Waals surface area contributed by atoms with Gasteiger partial charge in [-0.1, -0.05) is 71.8 Å². The molecule has 4 heteroatoms. The molecule has 0 radical (unpaired) electrons. The molecule has 2 bridgehead atoms. The van der Waals surface area contributed by atoms with Crippen LogP contribution in [0.1, 0.15) is 27.8 Å². The van der Waals surface area contributed by atoms with E-state index in [0.717, 1.165) is 28.6 Å². The highest BCUT2D eigenvalue weighted by atomic mass is 16.5. The van der Waals surface area contributed by atoms with E-state index in [1.54, 1.807) is 0 Å². The number of fused-ring (bicyclic) bond motifs is 8. The quantitative estimate of drug-likeness (QED) is 0.359. The summed E-state index contributed by atoms with van der Waals surface area (Å²) in [7, 11) is 1.50. The summed E-state index contributed by atoms with van der Waals surface area (Å²) in [5, 5.41) is 2.28. The van der Waals surface area contributed by atoms with Crippen LogP contribution >= 0.6 is 0 Å². The van der Waals surface area contributed by atoms with Crippen LogP contribution in [0.15, 0.2) is 78.9 Å². The number of rotatable bonds is 2. The molecule has 0 fully saturated rings. The van der Waals surface area contributed by atoms with E-state index in [1.807, 2.05) is 12.1 Å². The number of anilines is 2. The van der Waals surface area contributed by atoms with E-state index in [2.05, 4.69) is 90.4 Å². The fourth-order valence-corrected chi connectivity index (χ4v) is 5.80. The number of aryl methyl sites for hydroxylation is 2. The number of esters is 1. The van der Waals surface area contributed by atoms with Crippen LogP contribution in [0.25, 0.3) is 10.8 Å². The lowest BCUT2D eigenvalue weighted by molar-refractivity contribution is -0.147. The summed E-state index contributed by atoms with van der Waals surface area (Å²) < 4.78 is 5.58. The first-order valence-electron chi connectivity index (χ1n) is 11.8. The fraction of sp³-hybridized carbons (Fsp3) is 0.233. The number of benzene rings is 4. The minimum atomic E-state index is -0.980. The van der Waals surface area contributed by atoms with Crippen LogP contribution in [0, 0.1) is 13.8 Å². The highest BCUT2D eigenvalue weighted by Gasteiger charge is 2.52. The largest absolute Gasteiger partial charge is 0.467 e. The van der Waals surface area contributed by atoms with Crippen LogP contribution in [0.5, 0.6) is 0 Å². The second kappa shape index (κ2) is 7.63. The van der Waals surface area contributed by atoms with Crippen molar-refractivity contribution in [3.63, 3.8) is 0 Å². The summed E-state index contributed by atoms with van der Waals surface area (Å²) in [5.74, 6) is -0.231. The van der Waals surface area contributed by atoms with E-state index in [0.29, 0.717) is 13.1 Å². The maximum Gasteiger partial charge on any atom is 0.338 e. The maximum atomic E-state index is 13.9. The standard InChI is InChI=1S/C30H28N2O2/c1-20-8-12-27-25(15-20)18-32-28-13-9-21(2)14-24(28)17-31(27)19-30(32,29(33)34-3)26-11-10-22-6-4-5-7-23(22)16-26/h4-16H,17-19H2,1-3H3. The van der Waals surface area contributed by atoms with Gasteiger partial charge >= 0.3 is 5.97 Å². The molecule has 1 atom stereocenters. The third kappa shape index (κ3) is 3.02. The summed E-state index contributed by atoms with van der Waals surface area (Å²) in [6, 6.07) is 27.9. The highest BCUT2D eigenvalue weighted by Crippen LogP contribution is 2.47. The molecule has 4 nitrogen and oxygen atoms in total. The normalized spacial score (nSPS) is 18.8. The summed E-state index contributed by atoms with van der Waals surface area (Å²) >= 11 is 0. The Morgan fingerprint density at radius 2 is 1.47 bits per heavy atom. The zero-order valence-electron chi connectivity index (χ0n) is 19.8. The molecule has 170 valence electrons. The van der Waals surface area contributed by atoms with Crippen LogP contribution in [-0.2, 0) is 28.2 Å². The monoisotopic (exact) mass is 448 g/mol. The van der Waals surface area contributed by atoms with Gasteiger partial charge in [-0.2, -0.15) is 0 Å². The van der Waals surface area contributed by atoms with E-state index < -0.39 is 5.54 Å². The Kier molecular flexibility index (Phi) is 4.66. The van der Waals surface area contributed by atoms with Crippen molar-refractivity contribution in [3.8, 4) is 0 Å². The fourth-order valence-electron chi connectivity index (χ4n) is 5.80. The van der Waals surface area contributed by atoms with Crippen molar-refractivity contribution >= 4 is 28.1 Å². The van der Waals surface area contributed by atoms with Crippen molar-refractivity contribution in [2.75, 3.05) is 23.5 Å². The third-order valence-corrected chi connectivity index (χ3v) is 7.42. The van der Waals surface area contributed by atoms with Crippen molar-refractivity contribution in [1.82, 2.24) is 0 Å². The molecule has 0 N–H and O–H groups in total. The molecule has 6 rings (SSSR count). The first-order chi connectivity index (χ1) is 16.5. The van der Waals surface area contributed by atoms with E-state index >= 15 is 0 Å². The summed E-state index contributed by atoms with van der Waals surface area (Å²) in [6.07, 6.45) is 0. The SMILES string of the molecule is COC(=O)C1(c2ccc3ccccc3c2)CN2Cc3cc(C)ccc3N1Cc1cc(C)ccc12. The number of nitrogens with zero attached hydrogens (tertiary/aromatic N) is 2. The molecule has 2 heterocycles. The van der Waals surface area contributed by atoms with Crippen LogP contribution in [0.3, 0.4) is 0 Å². The molecule has 4 aromatic rings. The average molecular weight is 449 g/mol. The molecule has 1 unspecified atom stereocenters. The molecule has 0 saturated heterocycles. The molecule has 2 aliphatic rings. The second-order valence-electron chi connectivity index (χ2n) is 9.62. The van der Waals surface area contributed by atoms with Gasteiger partial charge in [0.15, 0.2) is 5.54 Å². The van der Waals surface area contributed by atoms with Crippen LogP contribution in [0.2, 0.25) is 0 Å². The summed E-state index contributed by atoms with van der Waals surface area (Å²) in [6.45, 7) is 6.14. The van der Waals surface area contributed by atoms with Gasteiger partial charge in [-0.05, 0) is 59.5 Å². The van der Waals surface area contributed by atoms with Crippen molar-refractivity contribution in [2.45, 2.75) is 32.5 Å². The molecule has 0 spiro atoms. The van der Waals surface area contributed by atoms with Crippen LogP contribution in [-0.4, -0.2) is 19.6 Å². The molecular formula is C30H28N2O2. The molecular weight excluding hydrogens is 420 g/mol. The first-order valence-corrected chi connectivity index (χ1v) is 11.8. The van der Waals surface area contributed by atoms with Gasteiger partial charge in [0.25, 0.3) is 0 Å². The zero-order chi connectivity index (χ0) is 23.4. The number of methoxy groups -OCH3 is 1. The number of carbonyl (C=O) groups excluding carboxylic acids is 1. The predicted octanol–water partition coefficient (Wildman–Crippen LogP) is 5.87. The van der Waals surface area contributed by atoms with Crippen molar-refractivity contribution in [1.29, 1.82) is 0 Å². The number of carbonyl (C=O) groups is 1. The van der Waals surface area contributed by atoms with Gasteiger partial charge in [0, 0.05) is 24.5 Å². The van der Waals surface area contributed by atoms with Gasteiger partial charge in [-0.3, -0.25) is 0 Å². The predicted molar refractivity (Wildman–Crippen MR) is 137 cm³/mol.